The van der Waals surface area contributed by atoms with Crippen molar-refractivity contribution in [3.63, 3.8) is 0 Å². The highest BCUT2D eigenvalue weighted by Crippen LogP contribution is 2.56. The lowest BCUT2D eigenvalue weighted by atomic mass is 9.68. The van der Waals surface area contributed by atoms with Crippen LogP contribution in [0.5, 0.6) is 0 Å². The Kier molecular flexibility index (Phi) is 11.0. The zero-order chi connectivity index (χ0) is 44.4. The summed E-state index contributed by atoms with van der Waals surface area (Å²) in [5, 5.41) is 0. The fourth-order valence-electron chi connectivity index (χ4n) is 12.9. The van der Waals surface area contributed by atoms with Crippen LogP contribution in [-0.2, 0) is 9.47 Å². The second-order valence-electron chi connectivity index (χ2n) is 20.3. The van der Waals surface area contributed by atoms with E-state index in [4.69, 9.17) is 9.47 Å². The van der Waals surface area contributed by atoms with Gasteiger partial charge in [-0.05, 0) is 107 Å². The van der Waals surface area contributed by atoms with Crippen LogP contribution in [0.3, 0.4) is 0 Å². The van der Waals surface area contributed by atoms with Gasteiger partial charge in [-0.3, -0.25) is 0 Å². The molecule has 0 saturated carbocycles. The fourth-order valence-corrected chi connectivity index (χ4v) is 12.9. The Morgan fingerprint density at radius 1 is 0.815 bits per heavy atom. The van der Waals surface area contributed by atoms with Crippen LogP contribution in [0.2, 0.25) is 0 Å². The van der Waals surface area contributed by atoms with Crippen molar-refractivity contribution in [3.8, 4) is 0 Å². The molecule has 1 fully saturated rings. The average molecular weight is 859 g/mol. The molecule has 2 heterocycles. The topological polar surface area (TPSA) is 24.9 Å². The summed E-state index contributed by atoms with van der Waals surface area (Å²) >= 11 is 0. The SMILES string of the molecule is C/C=C/C=C\C(=C/C)N(C1=CC2C(C=C1)OC1C=CC(C)C(C)C12)C1=CC2c3ccccc3C(N(C3=CCCCC3)C3C=CC4OC5=C(C=C(C)CC=C5)C4(C)C3)=CC2c2ccccc21. The van der Waals surface area contributed by atoms with Crippen molar-refractivity contribution in [1.82, 2.24) is 9.80 Å². The average Bonchev–Trinajstić information content (AvgIpc) is 3.76. The van der Waals surface area contributed by atoms with Crippen LogP contribution < -0.4 is 0 Å². The van der Waals surface area contributed by atoms with E-state index in [9.17, 15) is 0 Å². The second-order valence-corrected chi connectivity index (χ2v) is 20.3. The molecule has 0 spiro atoms. The first-order chi connectivity index (χ1) is 31.7. The van der Waals surface area contributed by atoms with E-state index in [1.165, 1.54) is 69.0 Å². The molecule has 11 rings (SSSR count). The molecule has 4 heteroatoms. The Balaban J connectivity index is 1.04. The smallest absolute Gasteiger partial charge is 0.126 e. The van der Waals surface area contributed by atoms with Gasteiger partial charge in [0.25, 0.3) is 0 Å². The maximum absolute atomic E-state index is 6.75. The molecule has 0 radical (unpaired) electrons. The third-order valence-electron chi connectivity index (χ3n) is 16.4. The summed E-state index contributed by atoms with van der Waals surface area (Å²) in [6.07, 6.45) is 49.5. The lowest BCUT2D eigenvalue weighted by Crippen LogP contribution is -2.44. The Bertz CT molecular complexity index is 2670. The van der Waals surface area contributed by atoms with Crippen LogP contribution in [0.15, 0.2) is 192 Å². The van der Waals surface area contributed by atoms with Gasteiger partial charge in [0.15, 0.2) is 0 Å². The zero-order valence-electron chi connectivity index (χ0n) is 39.2. The molecule has 0 N–H and O–H groups in total. The molecule has 9 aliphatic rings. The first kappa shape index (κ1) is 42.1. The molecule has 2 aromatic rings. The number of rotatable bonds is 8. The Hall–Kier alpha value is -5.58. The summed E-state index contributed by atoms with van der Waals surface area (Å²) in [6.45, 7) is 13.8. The molecule has 2 aliphatic heterocycles. The Morgan fingerprint density at radius 2 is 1.58 bits per heavy atom. The minimum atomic E-state index is -0.127. The zero-order valence-corrected chi connectivity index (χ0v) is 39.2. The number of hydrogen-bond donors (Lipinski definition) is 0. The maximum Gasteiger partial charge on any atom is 0.126 e. The predicted octanol–water partition coefficient (Wildman–Crippen LogP) is 14.6. The highest BCUT2D eigenvalue weighted by atomic mass is 16.5. The van der Waals surface area contributed by atoms with Crippen LogP contribution in [0.4, 0.5) is 0 Å². The predicted molar refractivity (Wildman–Crippen MR) is 268 cm³/mol. The quantitative estimate of drug-likeness (QED) is 0.195. The molecular weight excluding hydrogens is 793 g/mol. The van der Waals surface area contributed by atoms with E-state index in [0.717, 1.165) is 37.1 Å². The summed E-state index contributed by atoms with van der Waals surface area (Å²) in [5.41, 5.74) is 14.5. The largest absolute Gasteiger partial charge is 0.485 e. The number of benzene rings is 2. The molecule has 0 aromatic heterocycles. The van der Waals surface area contributed by atoms with Crippen LogP contribution in [0.25, 0.3) is 11.4 Å². The molecule has 7 aliphatic carbocycles. The summed E-state index contributed by atoms with van der Waals surface area (Å²) in [5.74, 6) is 3.19. The molecular formula is C61H66N2O2. The van der Waals surface area contributed by atoms with Crippen molar-refractivity contribution in [2.45, 2.75) is 116 Å². The minimum Gasteiger partial charge on any atom is -0.485 e. The lowest BCUT2D eigenvalue weighted by Gasteiger charge is -2.47. The van der Waals surface area contributed by atoms with E-state index in [0.29, 0.717) is 23.7 Å². The summed E-state index contributed by atoms with van der Waals surface area (Å²) < 4.78 is 13.5. The van der Waals surface area contributed by atoms with Crippen LogP contribution in [0, 0.1) is 29.1 Å². The standard InChI is InChI=1S/C61H66N2O2/c1-7-9-11-20-42(8-2)62(44-29-32-56-52(35-44)60-41(5)40(4)28-31-58(60)64-56)54-36-50-47-24-15-17-26-49(47)55(37-51(50)46-23-14-16-25-48(46)54)63(43-21-12-10-13-22-43)45-30-33-59-61(6,38-45)53-34-39(3)19-18-27-57(53)65-59/h7-9,11,14-18,20-21,23-37,40-41,45,50-52,56,58-60H,10,12-13,19,22,38H2,1-6H3/b9-7+,20-11-,42-8+. The van der Waals surface area contributed by atoms with E-state index in [-0.39, 0.29) is 41.6 Å². The van der Waals surface area contributed by atoms with Crippen molar-refractivity contribution >= 4 is 11.4 Å². The summed E-state index contributed by atoms with van der Waals surface area (Å²) in [7, 11) is 0. The van der Waals surface area contributed by atoms with Gasteiger partial charge in [0.1, 0.15) is 11.9 Å². The van der Waals surface area contributed by atoms with Crippen LogP contribution in [-0.4, -0.2) is 34.2 Å². The third kappa shape index (κ3) is 7.14. The highest BCUT2D eigenvalue weighted by Gasteiger charge is 2.51. The van der Waals surface area contributed by atoms with Crippen LogP contribution >= 0.6 is 0 Å². The van der Waals surface area contributed by atoms with Gasteiger partial charge in [-0.25, -0.2) is 0 Å². The van der Waals surface area contributed by atoms with Gasteiger partial charge in [-0.15, -0.1) is 0 Å². The number of nitrogens with zero attached hydrogens (tertiary/aromatic N) is 2. The van der Waals surface area contributed by atoms with Crippen molar-refractivity contribution in [2.75, 3.05) is 0 Å². The molecule has 65 heavy (non-hydrogen) atoms. The van der Waals surface area contributed by atoms with Gasteiger partial charge in [0, 0.05) is 68.6 Å². The van der Waals surface area contributed by atoms with E-state index >= 15 is 0 Å². The molecule has 1 saturated heterocycles. The molecule has 4 nitrogen and oxygen atoms in total. The molecule has 2 aromatic carbocycles. The first-order valence-electron chi connectivity index (χ1n) is 24.8. The normalized spacial score (nSPS) is 34.2. The maximum atomic E-state index is 6.75. The van der Waals surface area contributed by atoms with Crippen LogP contribution in [0.1, 0.15) is 114 Å². The first-order valence-corrected chi connectivity index (χ1v) is 24.8. The number of ether oxygens (including phenoxy) is 2. The van der Waals surface area contributed by atoms with Gasteiger partial charge in [-0.1, -0.05) is 160 Å². The van der Waals surface area contributed by atoms with Crippen molar-refractivity contribution in [2.24, 2.45) is 29.1 Å². The Morgan fingerprint density at radius 3 is 2.34 bits per heavy atom. The minimum absolute atomic E-state index is 0.0375. The molecule has 0 bridgehead atoms. The van der Waals surface area contributed by atoms with Crippen molar-refractivity contribution < 1.29 is 9.47 Å². The third-order valence-corrected chi connectivity index (χ3v) is 16.4. The fraction of sp³-hybridized carbons (Fsp3) is 0.377. The van der Waals surface area contributed by atoms with Gasteiger partial charge in [-0.2, -0.15) is 0 Å². The van der Waals surface area contributed by atoms with Crippen molar-refractivity contribution in [1.29, 1.82) is 0 Å². The van der Waals surface area contributed by atoms with E-state index < -0.39 is 0 Å². The second kappa shape index (κ2) is 17.0. The van der Waals surface area contributed by atoms with Gasteiger partial charge in [0.2, 0.25) is 0 Å². The molecule has 11 unspecified atom stereocenters. The van der Waals surface area contributed by atoms with Gasteiger partial charge in [0.05, 0.1) is 23.9 Å². The Labute approximate surface area is 388 Å². The lowest BCUT2D eigenvalue weighted by molar-refractivity contribution is 0.0704. The van der Waals surface area contributed by atoms with Crippen molar-refractivity contribution in [3.05, 3.63) is 214 Å². The molecule has 332 valence electrons. The number of fused-ring (bicyclic) bond motifs is 10. The summed E-state index contributed by atoms with van der Waals surface area (Å²) in [6, 6.07) is 18.8. The van der Waals surface area contributed by atoms with E-state index in [1.807, 2.05) is 0 Å². The van der Waals surface area contributed by atoms with Gasteiger partial charge < -0.3 is 19.3 Å². The number of hydrogen-bond acceptors (Lipinski definition) is 4. The summed E-state index contributed by atoms with van der Waals surface area (Å²) in [4.78, 5) is 5.33. The monoisotopic (exact) mass is 859 g/mol. The number of allylic oxidation sites excluding steroid dienone is 15. The van der Waals surface area contributed by atoms with Gasteiger partial charge >= 0.3 is 0 Å². The van der Waals surface area contributed by atoms with E-state index in [1.54, 1.807) is 0 Å². The molecule has 0 amide bonds. The molecule has 11 atom stereocenters. The van der Waals surface area contributed by atoms with E-state index in [2.05, 4.69) is 209 Å². The highest BCUT2D eigenvalue weighted by molar-refractivity contribution is 5.81.